The number of halogens is 2. The van der Waals surface area contributed by atoms with Crippen LogP contribution < -0.4 is 4.90 Å². The van der Waals surface area contributed by atoms with E-state index in [2.05, 4.69) is 22.6 Å². The molecular weight excluding hydrogens is 670 g/mol. The maximum Gasteiger partial charge on any atom is 0.305 e. The van der Waals surface area contributed by atoms with Gasteiger partial charge in [-0.05, 0) is 72.3 Å². The van der Waals surface area contributed by atoms with Crippen LogP contribution in [-0.4, -0.2) is 69.1 Å². The van der Waals surface area contributed by atoms with Crippen LogP contribution in [0.25, 0.3) is 0 Å². The van der Waals surface area contributed by atoms with Crippen molar-refractivity contribution in [1.29, 1.82) is 0 Å². The number of ether oxygens (including phenoxy) is 2. The smallest absolute Gasteiger partial charge is 0.305 e. The molecule has 8 nitrogen and oxygen atoms in total. The van der Waals surface area contributed by atoms with E-state index in [1.165, 1.54) is 7.11 Å². The SMILES string of the molecule is COC(=O)CCCCN1C(=O)[C@]2(O[C@H](CC(=O)N(CCO)Cc3ccccc3)[C@@H]([Si](C)(C)F)[C@@H]2C)c2cc(I)ccc21. The third kappa shape index (κ3) is 6.58. The number of amides is 2. The molecule has 2 aromatic carbocycles. The summed E-state index contributed by atoms with van der Waals surface area (Å²) in [4.78, 5) is 42.9. The summed E-state index contributed by atoms with van der Waals surface area (Å²) in [5.74, 6) is -1.31. The van der Waals surface area contributed by atoms with Gasteiger partial charge in [0.15, 0.2) is 5.60 Å². The van der Waals surface area contributed by atoms with Gasteiger partial charge in [0.25, 0.3) is 5.91 Å². The molecule has 2 heterocycles. The molecule has 1 fully saturated rings. The Bertz CT molecular complexity index is 1290. The van der Waals surface area contributed by atoms with Crippen LogP contribution in [0.5, 0.6) is 0 Å². The molecule has 228 valence electrons. The molecule has 4 atom stereocenters. The molecule has 0 saturated carbocycles. The lowest BCUT2D eigenvalue weighted by Crippen LogP contribution is -2.45. The van der Waals surface area contributed by atoms with Gasteiger partial charge in [-0.15, -0.1) is 0 Å². The van der Waals surface area contributed by atoms with Crippen molar-refractivity contribution in [3.63, 3.8) is 0 Å². The molecule has 0 radical (unpaired) electrons. The summed E-state index contributed by atoms with van der Waals surface area (Å²) in [7, 11) is -2.09. The third-order valence-corrected chi connectivity index (χ3v) is 11.6. The van der Waals surface area contributed by atoms with Gasteiger partial charge in [0, 0.05) is 46.6 Å². The van der Waals surface area contributed by atoms with Gasteiger partial charge in [0.2, 0.25) is 14.3 Å². The van der Waals surface area contributed by atoms with Gasteiger partial charge >= 0.3 is 5.97 Å². The summed E-state index contributed by atoms with van der Waals surface area (Å²) in [6.45, 7) is 5.74. The van der Waals surface area contributed by atoms with Gasteiger partial charge in [0.05, 0.1) is 31.9 Å². The van der Waals surface area contributed by atoms with Gasteiger partial charge in [-0.2, -0.15) is 0 Å². The van der Waals surface area contributed by atoms with E-state index in [0.717, 1.165) is 14.8 Å². The first-order chi connectivity index (χ1) is 19.9. The monoisotopic (exact) mass is 710 g/mol. The Labute approximate surface area is 261 Å². The average Bonchev–Trinajstić information content (AvgIpc) is 3.37. The Morgan fingerprint density at radius 3 is 2.55 bits per heavy atom. The summed E-state index contributed by atoms with van der Waals surface area (Å²) in [6.07, 6.45) is 0.518. The highest BCUT2D eigenvalue weighted by Crippen LogP contribution is 2.60. The van der Waals surface area contributed by atoms with E-state index >= 15 is 4.11 Å². The summed E-state index contributed by atoms with van der Waals surface area (Å²) < 4.78 is 28.5. The number of carbonyl (C=O) groups is 3. The lowest BCUT2D eigenvalue weighted by atomic mass is 9.82. The first-order valence-electron chi connectivity index (χ1n) is 14.4. The molecule has 0 aliphatic carbocycles. The van der Waals surface area contributed by atoms with Crippen LogP contribution in [0.15, 0.2) is 48.5 Å². The second-order valence-electron chi connectivity index (χ2n) is 11.7. The summed E-state index contributed by atoms with van der Waals surface area (Å²) in [5.41, 5.74) is 0.329. The van der Waals surface area contributed by atoms with Crippen LogP contribution in [0.1, 0.15) is 43.7 Å². The molecule has 0 aromatic heterocycles. The Morgan fingerprint density at radius 2 is 1.90 bits per heavy atom. The van der Waals surface area contributed by atoms with Gasteiger partial charge in [0.1, 0.15) is 0 Å². The fraction of sp³-hybridized carbons (Fsp3) is 0.516. The van der Waals surface area contributed by atoms with Crippen LogP contribution in [0.2, 0.25) is 18.6 Å². The van der Waals surface area contributed by atoms with E-state index < -0.39 is 31.6 Å². The molecule has 0 bridgehead atoms. The molecule has 2 aromatic rings. The minimum atomic E-state index is -3.44. The highest BCUT2D eigenvalue weighted by molar-refractivity contribution is 14.1. The highest BCUT2D eigenvalue weighted by atomic mass is 127. The molecule has 2 aliphatic rings. The predicted octanol–water partition coefficient (Wildman–Crippen LogP) is 5.17. The van der Waals surface area contributed by atoms with Gasteiger partial charge in [-0.3, -0.25) is 14.4 Å². The first-order valence-corrected chi connectivity index (χ1v) is 18.5. The fourth-order valence-electron chi connectivity index (χ4n) is 6.60. The Balaban J connectivity index is 1.64. The van der Waals surface area contributed by atoms with Crippen molar-refractivity contribution in [3.05, 3.63) is 63.2 Å². The van der Waals surface area contributed by atoms with Crippen molar-refractivity contribution in [2.45, 2.75) is 69.5 Å². The number of aliphatic hydroxyl groups excluding tert-OH is 1. The number of methoxy groups -OCH3 is 1. The zero-order valence-electron chi connectivity index (χ0n) is 24.6. The molecule has 4 rings (SSSR count). The number of rotatable bonds is 12. The Morgan fingerprint density at radius 1 is 1.19 bits per heavy atom. The maximum absolute atomic E-state index is 16.1. The topological polar surface area (TPSA) is 96.4 Å². The van der Waals surface area contributed by atoms with Gasteiger partial charge in [-0.1, -0.05) is 37.3 Å². The van der Waals surface area contributed by atoms with Crippen molar-refractivity contribution >= 4 is 54.5 Å². The molecule has 42 heavy (non-hydrogen) atoms. The zero-order chi connectivity index (χ0) is 30.7. The number of benzene rings is 2. The van der Waals surface area contributed by atoms with Crippen LogP contribution in [0.3, 0.4) is 0 Å². The second kappa shape index (κ2) is 13.5. The fourth-order valence-corrected chi connectivity index (χ4v) is 9.59. The molecule has 2 aliphatic heterocycles. The van der Waals surface area contributed by atoms with Crippen molar-refractivity contribution in [1.82, 2.24) is 4.90 Å². The van der Waals surface area contributed by atoms with Crippen LogP contribution in [-0.2, 0) is 36.0 Å². The van der Waals surface area contributed by atoms with E-state index in [-0.39, 0.29) is 43.8 Å². The molecule has 1 saturated heterocycles. The van der Waals surface area contributed by atoms with Crippen molar-refractivity contribution in [2.24, 2.45) is 5.92 Å². The molecule has 2 amide bonds. The van der Waals surface area contributed by atoms with Crippen molar-refractivity contribution < 1.29 is 33.1 Å². The summed E-state index contributed by atoms with van der Waals surface area (Å²) >= 11 is 2.20. The quantitative estimate of drug-likeness (QED) is 0.108. The molecule has 11 heteroatoms. The molecular formula is C31H40FIN2O6Si. The van der Waals surface area contributed by atoms with E-state index in [9.17, 15) is 19.5 Å². The third-order valence-electron chi connectivity index (χ3n) is 8.48. The minimum Gasteiger partial charge on any atom is -0.469 e. The van der Waals surface area contributed by atoms with E-state index in [0.29, 0.717) is 31.5 Å². The number of unbranched alkanes of at least 4 members (excludes halogenated alkanes) is 1. The molecule has 1 spiro atoms. The second-order valence-corrected chi connectivity index (χ2v) is 16.7. The van der Waals surface area contributed by atoms with Crippen molar-refractivity contribution in [2.75, 3.05) is 31.7 Å². The van der Waals surface area contributed by atoms with Crippen LogP contribution in [0, 0.1) is 9.49 Å². The lowest BCUT2D eigenvalue weighted by molar-refractivity contribution is -0.150. The van der Waals surface area contributed by atoms with E-state index in [4.69, 9.17) is 9.47 Å². The van der Waals surface area contributed by atoms with Crippen LogP contribution >= 0.6 is 22.6 Å². The Kier molecular flexibility index (Phi) is 10.5. The number of hydrogen-bond acceptors (Lipinski definition) is 6. The largest absolute Gasteiger partial charge is 0.469 e. The predicted molar refractivity (Wildman–Crippen MR) is 169 cm³/mol. The number of nitrogens with zero attached hydrogens (tertiary/aromatic N) is 2. The number of esters is 1. The van der Waals surface area contributed by atoms with Gasteiger partial charge in [-0.25, -0.2) is 0 Å². The highest BCUT2D eigenvalue weighted by Gasteiger charge is 2.67. The molecule has 0 unspecified atom stereocenters. The van der Waals surface area contributed by atoms with Crippen LogP contribution in [0.4, 0.5) is 9.80 Å². The normalized spacial score (nSPS) is 23.4. The van der Waals surface area contributed by atoms with Gasteiger partial charge < -0.3 is 28.5 Å². The van der Waals surface area contributed by atoms with E-state index in [1.54, 1.807) is 22.9 Å². The summed E-state index contributed by atoms with van der Waals surface area (Å²) in [5, 5.41) is 9.69. The minimum absolute atomic E-state index is 0.0877. The van der Waals surface area contributed by atoms with E-state index in [1.807, 2.05) is 55.5 Å². The maximum atomic E-state index is 16.1. The number of fused-ring (bicyclic) bond motifs is 2. The standard InChI is InChI=1S/C31H40FIN2O6Si/c1-21-29(42(3,4)32)26(19-27(37)34(16-17-36)20-22-10-6-5-7-11-22)41-31(21)24-18-23(33)13-14-25(24)35(30(31)39)15-9-8-12-28(38)40-2/h5-7,10-11,13-14,18,21,26,29,36H,8-9,12,15-17,19-20H2,1-4H3/t21-,26+,29-,31+/m0/s1. The average molecular weight is 711 g/mol. The number of aliphatic hydroxyl groups is 1. The Hall–Kier alpha value is -2.35. The lowest BCUT2D eigenvalue weighted by Gasteiger charge is -2.31. The number of hydrogen-bond donors (Lipinski definition) is 1. The number of carbonyl (C=O) groups excluding carboxylic acids is 3. The van der Waals surface area contributed by atoms with Crippen molar-refractivity contribution in [3.8, 4) is 0 Å². The molecule has 1 N–H and O–H groups in total. The number of anilines is 1. The summed E-state index contributed by atoms with van der Waals surface area (Å²) in [6, 6.07) is 15.3. The first kappa shape index (κ1) is 32.6. The zero-order valence-corrected chi connectivity index (χ0v) is 27.8.